The van der Waals surface area contributed by atoms with Crippen LogP contribution in [0.3, 0.4) is 0 Å². The van der Waals surface area contributed by atoms with Crippen molar-refractivity contribution in [3.63, 3.8) is 0 Å². The summed E-state index contributed by atoms with van der Waals surface area (Å²) in [4.78, 5) is 0. The van der Waals surface area contributed by atoms with E-state index in [9.17, 15) is 0 Å². The van der Waals surface area contributed by atoms with Gasteiger partial charge in [-0.05, 0) is 20.8 Å². The number of nitrogens with two attached hydrogens (primary N) is 1. The van der Waals surface area contributed by atoms with Gasteiger partial charge >= 0.3 is 0 Å². The highest BCUT2D eigenvalue weighted by atomic mass is 16.5. The molecule has 0 radical (unpaired) electrons. The van der Waals surface area contributed by atoms with Crippen LogP contribution in [0, 0.1) is 0 Å². The molecule has 4 nitrogen and oxygen atoms in total. The molecular formula is C9H21NO3. The molecule has 13 heavy (non-hydrogen) atoms. The fourth-order valence-electron chi connectivity index (χ4n) is 0.701. The fourth-order valence-corrected chi connectivity index (χ4v) is 0.701. The molecule has 0 aromatic carbocycles. The summed E-state index contributed by atoms with van der Waals surface area (Å²) in [5.41, 5.74) is 5.48. The summed E-state index contributed by atoms with van der Waals surface area (Å²) >= 11 is 0. The van der Waals surface area contributed by atoms with Crippen LogP contribution in [-0.4, -0.2) is 43.2 Å². The molecule has 0 aliphatic carbocycles. The molecule has 0 bridgehead atoms. The molecule has 0 spiro atoms. The van der Waals surface area contributed by atoms with E-state index in [4.69, 9.17) is 20.3 Å². The van der Waals surface area contributed by atoms with E-state index in [-0.39, 0.29) is 12.1 Å². The Morgan fingerprint density at radius 1 is 1.23 bits per heavy atom. The number of aliphatic hydroxyl groups is 1. The van der Waals surface area contributed by atoms with E-state index in [1.54, 1.807) is 6.92 Å². The van der Waals surface area contributed by atoms with Gasteiger partial charge in [0.1, 0.15) is 0 Å². The Labute approximate surface area is 80.0 Å². The average molecular weight is 191 g/mol. The summed E-state index contributed by atoms with van der Waals surface area (Å²) in [6.45, 7) is 6.99. The Balaban J connectivity index is 3.16. The Bertz CT molecular complexity index is 117. The third-order valence-corrected chi connectivity index (χ3v) is 1.67. The second-order valence-corrected chi connectivity index (χ2v) is 3.37. The van der Waals surface area contributed by atoms with Gasteiger partial charge in [0.25, 0.3) is 0 Å². The van der Waals surface area contributed by atoms with Gasteiger partial charge in [-0.15, -0.1) is 0 Å². The zero-order valence-corrected chi connectivity index (χ0v) is 8.69. The highest BCUT2D eigenvalue weighted by Gasteiger charge is 2.07. The molecule has 0 fully saturated rings. The summed E-state index contributed by atoms with van der Waals surface area (Å²) in [6, 6.07) is 0.0641. The molecule has 80 valence electrons. The summed E-state index contributed by atoms with van der Waals surface area (Å²) < 4.78 is 10.5. The molecule has 0 aliphatic heterocycles. The van der Waals surface area contributed by atoms with Crippen molar-refractivity contribution in [2.45, 2.75) is 39.0 Å². The van der Waals surface area contributed by atoms with Crippen LogP contribution in [0.2, 0.25) is 0 Å². The largest absolute Gasteiger partial charge is 0.391 e. The van der Waals surface area contributed by atoms with Gasteiger partial charge in [-0.25, -0.2) is 0 Å². The molecular weight excluding hydrogens is 170 g/mol. The van der Waals surface area contributed by atoms with Gasteiger partial charge in [0, 0.05) is 6.04 Å². The summed E-state index contributed by atoms with van der Waals surface area (Å²) in [5.74, 6) is 0. The first-order valence-electron chi connectivity index (χ1n) is 4.67. The van der Waals surface area contributed by atoms with E-state index in [1.165, 1.54) is 0 Å². The third kappa shape index (κ3) is 8.18. The van der Waals surface area contributed by atoms with E-state index in [0.29, 0.717) is 19.8 Å². The van der Waals surface area contributed by atoms with Crippen molar-refractivity contribution in [2.24, 2.45) is 5.73 Å². The summed E-state index contributed by atoms with van der Waals surface area (Å²) in [5, 5.41) is 9.08. The van der Waals surface area contributed by atoms with Crippen molar-refractivity contribution >= 4 is 0 Å². The normalized spacial score (nSPS) is 18.2. The van der Waals surface area contributed by atoms with Crippen molar-refractivity contribution in [2.75, 3.05) is 19.8 Å². The van der Waals surface area contributed by atoms with Crippen LogP contribution >= 0.6 is 0 Å². The lowest BCUT2D eigenvalue weighted by Crippen LogP contribution is -2.26. The number of ether oxygens (including phenoxy) is 2. The van der Waals surface area contributed by atoms with Gasteiger partial charge in [-0.1, -0.05) is 0 Å². The van der Waals surface area contributed by atoms with Gasteiger partial charge < -0.3 is 20.3 Å². The molecule has 3 unspecified atom stereocenters. The maximum Gasteiger partial charge on any atom is 0.0804 e. The molecule has 3 atom stereocenters. The topological polar surface area (TPSA) is 64.7 Å². The minimum atomic E-state index is -0.437. The zero-order valence-electron chi connectivity index (χ0n) is 8.69. The Kier molecular flexibility index (Phi) is 7.17. The molecule has 0 aliphatic rings. The first-order chi connectivity index (χ1) is 6.04. The number of hydrogen-bond acceptors (Lipinski definition) is 4. The van der Waals surface area contributed by atoms with Gasteiger partial charge in [0.15, 0.2) is 0 Å². The molecule has 0 amide bonds. The van der Waals surface area contributed by atoms with Crippen molar-refractivity contribution in [3.8, 4) is 0 Å². The minimum Gasteiger partial charge on any atom is -0.391 e. The van der Waals surface area contributed by atoms with Crippen LogP contribution in [0.25, 0.3) is 0 Å². The Hall–Kier alpha value is -0.160. The molecule has 0 saturated carbocycles. The van der Waals surface area contributed by atoms with Crippen LogP contribution in [0.1, 0.15) is 20.8 Å². The van der Waals surface area contributed by atoms with E-state index < -0.39 is 6.10 Å². The van der Waals surface area contributed by atoms with Crippen molar-refractivity contribution < 1.29 is 14.6 Å². The van der Waals surface area contributed by atoms with Gasteiger partial charge in [-0.3, -0.25) is 0 Å². The Morgan fingerprint density at radius 2 is 1.85 bits per heavy atom. The van der Waals surface area contributed by atoms with E-state index in [1.807, 2.05) is 13.8 Å². The third-order valence-electron chi connectivity index (χ3n) is 1.67. The molecule has 0 rings (SSSR count). The van der Waals surface area contributed by atoms with Crippen molar-refractivity contribution in [3.05, 3.63) is 0 Å². The zero-order chi connectivity index (χ0) is 10.3. The van der Waals surface area contributed by atoms with Gasteiger partial charge in [0.05, 0.1) is 32.0 Å². The molecule has 0 saturated heterocycles. The number of aliphatic hydroxyl groups excluding tert-OH is 1. The van der Waals surface area contributed by atoms with Gasteiger partial charge in [-0.2, -0.15) is 0 Å². The van der Waals surface area contributed by atoms with Crippen LogP contribution in [0.15, 0.2) is 0 Å². The molecule has 0 aromatic heterocycles. The van der Waals surface area contributed by atoms with Gasteiger partial charge in [0.2, 0.25) is 0 Å². The summed E-state index contributed by atoms with van der Waals surface area (Å²) in [7, 11) is 0. The highest BCUT2D eigenvalue weighted by Crippen LogP contribution is 1.96. The van der Waals surface area contributed by atoms with Crippen molar-refractivity contribution in [1.29, 1.82) is 0 Å². The number of rotatable bonds is 7. The second kappa shape index (κ2) is 7.26. The monoisotopic (exact) mass is 191 g/mol. The maximum atomic E-state index is 9.08. The lowest BCUT2D eigenvalue weighted by molar-refractivity contribution is -0.0413. The standard InChI is InChI=1S/C9H21NO3/c1-7(10)6-12-4-5-13-9(3)8(2)11/h7-9,11H,4-6,10H2,1-3H3. The number of hydrogen-bond donors (Lipinski definition) is 2. The van der Waals surface area contributed by atoms with Crippen LogP contribution in [0.5, 0.6) is 0 Å². The molecule has 4 heteroatoms. The predicted molar refractivity (Wildman–Crippen MR) is 51.6 cm³/mol. The van der Waals surface area contributed by atoms with Crippen LogP contribution < -0.4 is 5.73 Å². The maximum absolute atomic E-state index is 9.08. The first-order valence-corrected chi connectivity index (χ1v) is 4.67. The smallest absolute Gasteiger partial charge is 0.0804 e. The molecule has 3 N–H and O–H groups in total. The van der Waals surface area contributed by atoms with E-state index >= 15 is 0 Å². The minimum absolute atomic E-state index is 0.0641. The first kappa shape index (κ1) is 12.8. The van der Waals surface area contributed by atoms with Crippen molar-refractivity contribution in [1.82, 2.24) is 0 Å². The lowest BCUT2D eigenvalue weighted by Gasteiger charge is -2.15. The fraction of sp³-hybridized carbons (Fsp3) is 1.00. The SMILES string of the molecule is CC(N)COCCOC(C)C(C)O. The molecule has 0 aromatic rings. The Morgan fingerprint density at radius 3 is 2.31 bits per heavy atom. The van der Waals surface area contributed by atoms with Crippen LogP contribution in [0.4, 0.5) is 0 Å². The molecule has 0 heterocycles. The predicted octanol–water partition coefficient (Wildman–Crippen LogP) is 0.136. The van der Waals surface area contributed by atoms with Crippen LogP contribution in [-0.2, 0) is 9.47 Å². The lowest BCUT2D eigenvalue weighted by atomic mass is 10.3. The van der Waals surface area contributed by atoms with E-state index in [0.717, 1.165) is 0 Å². The highest BCUT2D eigenvalue weighted by molar-refractivity contribution is 4.56. The quantitative estimate of drug-likeness (QED) is 0.562. The summed E-state index contributed by atoms with van der Waals surface area (Å²) in [6.07, 6.45) is -0.577. The van der Waals surface area contributed by atoms with E-state index in [2.05, 4.69) is 0 Å². The average Bonchev–Trinajstić information content (AvgIpc) is 2.02. The second-order valence-electron chi connectivity index (χ2n) is 3.37.